The third kappa shape index (κ3) is 9.19. The average molecular weight is 530 g/mol. The number of nitrogens with zero attached hydrogens (tertiary/aromatic N) is 1. The molecule has 0 saturated heterocycles. The van der Waals surface area contributed by atoms with Gasteiger partial charge in [0.05, 0.1) is 25.6 Å². The summed E-state index contributed by atoms with van der Waals surface area (Å²) < 4.78 is 17.4. The normalized spacial score (nSPS) is 15.3. The Kier molecular flexibility index (Phi) is 11.8. The van der Waals surface area contributed by atoms with Crippen LogP contribution in [0.5, 0.6) is 11.5 Å². The van der Waals surface area contributed by atoms with Crippen LogP contribution in [-0.4, -0.2) is 98.0 Å². The molecule has 0 amide bonds. The summed E-state index contributed by atoms with van der Waals surface area (Å²) in [5, 5.41) is 43.5. The van der Waals surface area contributed by atoms with E-state index in [0.717, 1.165) is 19.6 Å². The number of aliphatic hydroxyl groups is 1. The predicted octanol–water partition coefficient (Wildman–Crippen LogP) is 1.37. The number of hydrogen-bond acceptors (Lipinski definition) is 9. The maximum Gasteiger partial charge on any atom is 0.336 e. The minimum atomic E-state index is -2.74. The second kappa shape index (κ2) is 13.8. The highest BCUT2D eigenvalue weighted by Crippen LogP contribution is 2.43. The second-order valence-corrected chi connectivity index (χ2v) is 8.56. The van der Waals surface area contributed by atoms with Gasteiger partial charge in [-0.15, -0.1) is 0 Å². The molecular formula is C24H35NO12. The zero-order valence-electron chi connectivity index (χ0n) is 21.2. The Labute approximate surface area is 214 Å². The molecule has 1 aromatic rings. The molecule has 37 heavy (non-hydrogen) atoms. The first kappa shape index (κ1) is 31.6. The molecule has 1 heterocycles. The summed E-state index contributed by atoms with van der Waals surface area (Å²) in [6.45, 7) is 10.7. The lowest BCUT2D eigenvalue weighted by molar-refractivity contribution is -0.184. The van der Waals surface area contributed by atoms with Crippen LogP contribution >= 0.6 is 0 Å². The molecule has 0 bridgehead atoms. The summed E-state index contributed by atoms with van der Waals surface area (Å²) in [5.41, 5.74) is -2.74. The topological polar surface area (TPSA) is 200 Å². The van der Waals surface area contributed by atoms with Crippen molar-refractivity contribution >= 4 is 23.9 Å². The van der Waals surface area contributed by atoms with E-state index in [-0.39, 0.29) is 0 Å². The summed E-state index contributed by atoms with van der Waals surface area (Å²) >= 11 is 0. The number of hydrogen-bond donors (Lipinski definition) is 5. The Bertz CT molecular complexity index is 904. The summed E-state index contributed by atoms with van der Waals surface area (Å²) in [7, 11) is 0. The molecule has 1 aromatic carbocycles. The fourth-order valence-electron chi connectivity index (χ4n) is 3.77. The molecule has 0 saturated carbocycles. The number of para-hydroxylation sites is 2. The second-order valence-electron chi connectivity index (χ2n) is 8.56. The SMILES string of the molecule is CCN(CC)CCOC(C)C(C(=O)O)C1(C)Oc2ccccc2O1.O=C(O)CC(O)(CC(=O)O)C(=O)O. The van der Waals surface area contributed by atoms with Crippen LogP contribution in [-0.2, 0) is 23.9 Å². The van der Waals surface area contributed by atoms with Crippen LogP contribution in [0.25, 0.3) is 0 Å². The average Bonchev–Trinajstić information content (AvgIpc) is 3.12. The van der Waals surface area contributed by atoms with Crippen LogP contribution in [0.15, 0.2) is 24.3 Å². The van der Waals surface area contributed by atoms with Gasteiger partial charge < -0.3 is 44.6 Å². The highest BCUT2D eigenvalue weighted by Gasteiger charge is 2.51. The van der Waals surface area contributed by atoms with E-state index >= 15 is 0 Å². The van der Waals surface area contributed by atoms with Crippen molar-refractivity contribution in [3.05, 3.63) is 24.3 Å². The summed E-state index contributed by atoms with van der Waals surface area (Å²) in [6, 6.07) is 7.19. The molecule has 5 N–H and O–H groups in total. The monoisotopic (exact) mass is 529 g/mol. The van der Waals surface area contributed by atoms with E-state index in [0.29, 0.717) is 18.1 Å². The molecule has 0 fully saturated rings. The predicted molar refractivity (Wildman–Crippen MR) is 128 cm³/mol. The molecule has 0 spiro atoms. The van der Waals surface area contributed by atoms with Gasteiger partial charge in [-0.05, 0) is 32.1 Å². The van der Waals surface area contributed by atoms with Crippen LogP contribution in [0.3, 0.4) is 0 Å². The highest BCUT2D eigenvalue weighted by atomic mass is 16.7. The van der Waals surface area contributed by atoms with Crippen molar-refractivity contribution in [1.29, 1.82) is 0 Å². The first-order valence-corrected chi connectivity index (χ1v) is 11.6. The highest BCUT2D eigenvalue weighted by molar-refractivity contribution is 5.88. The number of ether oxygens (including phenoxy) is 3. The number of carboxylic acids is 4. The lowest BCUT2D eigenvalue weighted by Crippen LogP contribution is -2.52. The molecular weight excluding hydrogens is 494 g/mol. The maximum absolute atomic E-state index is 11.8. The van der Waals surface area contributed by atoms with Gasteiger partial charge in [-0.2, -0.15) is 0 Å². The summed E-state index contributed by atoms with van der Waals surface area (Å²) in [4.78, 5) is 44.6. The Morgan fingerprint density at radius 3 is 1.78 bits per heavy atom. The number of benzene rings is 1. The lowest BCUT2D eigenvalue weighted by Gasteiger charge is -2.33. The van der Waals surface area contributed by atoms with E-state index in [9.17, 15) is 24.3 Å². The van der Waals surface area contributed by atoms with Crippen LogP contribution < -0.4 is 9.47 Å². The van der Waals surface area contributed by atoms with Crippen molar-refractivity contribution in [3.8, 4) is 11.5 Å². The fraction of sp³-hybridized carbons (Fsp3) is 0.583. The molecule has 2 atom stereocenters. The zero-order valence-corrected chi connectivity index (χ0v) is 21.2. The van der Waals surface area contributed by atoms with Gasteiger partial charge in [-0.1, -0.05) is 26.0 Å². The van der Waals surface area contributed by atoms with E-state index in [4.69, 9.17) is 34.6 Å². The van der Waals surface area contributed by atoms with E-state index in [1.165, 1.54) is 0 Å². The Morgan fingerprint density at radius 1 is 0.973 bits per heavy atom. The third-order valence-corrected chi connectivity index (χ3v) is 5.74. The van der Waals surface area contributed by atoms with Gasteiger partial charge in [-0.25, -0.2) is 4.79 Å². The van der Waals surface area contributed by atoms with Gasteiger partial charge >= 0.3 is 23.9 Å². The van der Waals surface area contributed by atoms with Crippen molar-refractivity contribution in [1.82, 2.24) is 4.90 Å². The third-order valence-electron chi connectivity index (χ3n) is 5.74. The zero-order chi connectivity index (χ0) is 28.4. The fourth-order valence-corrected chi connectivity index (χ4v) is 3.77. The van der Waals surface area contributed by atoms with Crippen molar-refractivity contribution in [2.75, 3.05) is 26.2 Å². The van der Waals surface area contributed by atoms with Crippen LogP contribution in [0, 0.1) is 5.92 Å². The van der Waals surface area contributed by atoms with E-state index < -0.39 is 60.1 Å². The first-order valence-electron chi connectivity index (χ1n) is 11.6. The molecule has 2 unspecified atom stereocenters. The van der Waals surface area contributed by atoms with Crippen molar-refractivity contribution in [2.45, 2.75) is 58.0 Å². The summed E-state index contributed by atoms with van der Waals surface area (Å²) in [6.07, 6.45) is -2.83. The molecule has 0 radical (unpaired) electrons. The van der Waals surface area contributed by atoms with Crippen LogP contribution in [0.1, 0.15) is 40.5 Å². The summed E-state index contributed by atoms with van der Waals surface area (Å²) in [5.74, 6) is -7.13. The first-order chi connectivity index (χ1) is 17.2. The van der Waals surface area contributed by atoms with Gasteiger partial charge in [0.1, 0.15) is 0 Å². The van der Waals surface area contributed by atoms with Crippen LogP contribution in [0.2, 0.25) is 0 Å². The van der Waals surface area contributed by atoms with Gasteiger partial charge in [-0.3, -0.25) is 14.4 Å². The molecule has 2 rings (SSSR count). The minimum absolute atomic E-state index is 0.468. The van der Waals surface area contributed by atoms with Crippen molar-refractivity contribution in [2.24, 2.45) is 5.92 Å². The molecule has 13 heteroatoms. The molecule has 208 valence electrons. The minimum Gasteiger partial charge on any atom is -0.481 e. The molecule has 1 aliphatic rings. The van der Waals surface area contributed by atoms with E-state index in [1.807, 2.05) is 12.1 Å². The van der Waals surface area contributed by atoms with E-state index in [2.05, 4.69) is 18.7 Å². The lowest BCUT2D eigenvalue weighted by atomic mass is 9.94. The number of carboxylic acid groups (broad SMARTS) is 4. The molecule has 0 aliphatic carbocycles. The van der Waals surface area contributed by atoms with Gasteiger partial charge in [0.15, 0.2) is 23.0 Å². The number of carbonyl (C=O) groups is 4. The standard InChI is InChI=1S/C18H27NO5.C6H8O7/c1-5-19(6-2)11-12-22-13(3)16(17(20)21)18(4)23-14-9-7-8-10-15(14)24-18;7-3(8)1-6(13,5(11)12)2-4(9)10/h7-10,13,16H,5-6,11-12H2,1-4H3,(H,20,21);13H,1-2H2,(H,7,8)(H,9,10)(H,11,12). The molecule has 13 nitrogen and oxygen atoms in total. The Hall–Kier alpha value is -3.42. The Balaban J connectivity index is 0.000000448. The van der Waals surface area contributed by atoms with Crippen LogP contribution in [0.4, 0.5) is 0 Å². The Morgan fingerprint density at radius 2 is 1.43 bits per heavy atom. The number of fused-ring (bicyclic) bond motifs is 1. The van der Waals surface area contributed by atoms with Crippen molar-refractivity contribution < 1.29 is 58.9 Å². The van der Waals surface area contributed by atoms with E-state index in [1.54, 1.807) is 26.0 Å². The molecule has 0 aromatic heterocycles. The smallest absolute Gasteiger partial charge is 0.336 e. The number of rotatable bonds is 14. The van der Waals surface area contributed by atoms with Crippen molar-refractivity contribution in [3.63, 3.8) is 0 Å². The van der Waals surface area contributed by atoms with Gasteiger partial charge in [0, 0.05) is 13.5 Å². The number of aliphatic carboxylic acids is 4. The largest absolute Gasteiger partial charge is 0.481 e. The number of likely N-dealkylation sites (N-methyl/N-ethyl adjacent to an activating group) is 1. The molecule has 1 aliphatic heterocycles. The maximum atomic E-state index is 11.8. The van der Waals surface area contributed by atoms with Gasteiger partial charge in [0.2, 0.25) is 0 Å². The quantitative estimate of drug-likeness (QED) is 0.232. The van der Waals surface area contributed by atoms with Gasteiger partial charge in [0.25, 0.3) is 5.79 Å².